The third-order valence-corrected chi connectivity index (χ3v) is 6.64. The fourth-order valence-corrected chi connectivity index (χ4v) is 4.80. The number of amides is 2. The van der Waals surface area contributed by atoms with Crippen LogP contribution in [0.2, 0.25) is 0 Å². The predicted molar refractivity (Wildman–Crippen MR) is 109 cm³/mol. The molecule has 4 rings (SSSR count). The van der Waals surface area contributed by atoms with Gasteiger partial charge in [-0.3, -0.25) is 9.59 Å². The van der Waals surface area contributed by atoms with Crippen molar-refractivity contribution in [2.24, 2.45) is 5.92 Å². The Morgan fingerprint density at radius 3 is 2.53 bits per heavy atom. The number of hydrogen-bond donors (Lipinski definition) is 0. The highest BCUT2D eigenvalue weighted by atomic mass is 19.4. The topological polar surface area (TPSA) is 66.7 Å². The molecule has 2 saturated heterocycles. The van der Waals surface area contributed by atoms with Crippen LogP contribution >= 0.6 is 0 Å². The molecule has 9 heteroatoms. The minimum absolute atomic E-state index is 0.0124. The number of carbonyl (C=O) groups excluding carboxylic acids is 2. The SMILES string of the molecule is Cc1noc(C)c1CC(=O)N1CC[C@@H]2[C@@H](CCC(=O)N2Cc2ccc(C(F)(F)F)cc2)C1. The molecule has 2 aliphatic heterocycles. The quantitative estimate of drug-likeness (QED) is 0.710. The van der Waals surface area contributed by atoms with E-state index in [1.807, 2.05) is 11.8 Å². The van der Waals surface area contributed by atoms with E-state index in [1.165, 1.54) is 12.1 Å². The molecule has 2 amide bonds. The van der Waals surface area contributed by atoms with E-state index in [0.29, 0.717) is 43.7 Å². The molecule has 6 nitrogen and oxygen atoms in total. The number of piperidine rings is 2. The Bertz CT molecular complexity index is 981. The van der Waals surface area contributed by atoms with Gasteiger partial charge < -0.3 is 14.3 Å². The molecule has 3 heterocycles. The van der Waals surface area contributed by atoms with E-state index in [-0.39, 0.29) is 36.7 Å². The van der Waals surface area contributed by atoms with Crippen molar-refractivity contribution in [2.75, 3.05) is 13.1 Å². The van der Waals surface area contributed by atoms with Crippen LogP contribution in [0.1, 0.15) is 47.4 Å². The van der Waals surface area contributed by atoms with Gasteiger partial charge in [0.1, 0.15) is 5.76 Å². The van der Waals surface area contributed by atoms with E-state index in [0.717, 1.165) is 23.4 Å². The lowest BCUT2D eigenvalue weighted by Crippen LogP contribution is -2.56. The van der Waals surface area contributed by atoms with E-state index in [2.05, 4.69) is 5.16 Å². The third-order valence-electron chi connectivity index (χ3n) is 6.64. The van der Waals surface area contributed by atoms with Gasteiger partial charge >= 0.3 is 6.18 Å². The summed E-state index contributed by atoms with van der Waals surface area (Å²) in [6, 6.07) is 4.96. The van der Waals surface area contributed by atoms with Crippen LogP contribution in [-0.2, 0) is 28.7 Å². The molecule has 0 bridgehead atoms. The highest BCUT2D eigenvalue weighted by Gasteiger charge is 2.40. The molecule has 0 unspecified atom stereocenters. The molecular formula is C23H26F3N3O3. The number of aromatic nitrogens is 1. The zero-order valence-electron chi connectivity index (χ0n) is 18.1. The first-order valence-electron chi connectivity index (χ1n) is 10.8. The summed E-state index contributed by atoms with van der Waals surface area (Å²) in [6.07, 6.45) is -2.39. The summed E-state index contributed by atoms with van der Waals surface area (Å²) in [5.74, 6) is 0.840. The van der Waals surface area contributed by atoms with E-state index < -0.39 is 11.7 Å². The molecule has 0 saturated carbocycles. The lowest BCUT2D eigenvalue weighted by atomic mass is 9.83. The zero-order valence-corrected chi connectivity index (χ0v) is 18.1. The van der Waals surface area contributed by atoms with Crippen LogP contribution in [0.15, 0.2) is 28.8 Å². The number of halogens is 3. The van der Waals surface area contributed by atoms with E-state index >= 15 is 0 Å². The van der Waals surface area contributed by atoms with Gasteiger partial charge in [0.2, 0.25) is 11.8 Å². The largest absolute Gasteiger partial charge is 0.416 e. The fourth-order valence-electron chi connectivity index (χ4n) is 4.80. The van der Waals surface area contributed by atoms with Gasteiger partial charge in [-0.1, -0.05) is 17.3 Å². The van der Waals surface area contributed by atoms with E-state index in [1.54, 1.807) is 11.8 Å². The number of alkyl halides is 3. The van der Waals surface area contributed by atoms with Crippen LogP contribution in [0.5, 0.6) is 0 Å². The van der Waals surface area contributed by atoms with Gasteiger partial charge in [-0.25, -0.2) is 0 Å². The van der Waals surface area contributed by atoms with Crippen molar-refractivity contribution < 1.29 is 27.3 Å². The van der Waals surface area contributed by atoms with Gasteiger partial charge in [0, 0.05) is 37.7 Å². The Balaban J connectivity index is 1.41. The highest BCUT2D eigenvalue weighted by Crippen LogP contribution is 2.34. The molecule has 2 aromatic rings. The van der Waals surface area contributed by atoms with Crippen LogP contribution < -0.4 is 0 Å². The third kappa shape index (κ3) is 4.52. The lowest BCUT2D eigenvalue weighted by Gasteiger charge is -2.47. The Hall–Kier alpha value is -2.84. The Morgan fingerprint density at radius 1 is 1.19 bits per heavy atom. The number of fused-ring (bicyclic) bond motifs is 1. The summed E-state index contributed by atoms with van der Waals surface area (Å²) in [5.41, 5.74) is 1.51. The first kappa shape index (κ1) is 22.4. The summed E-state index contributed by atoms with van der Waals surface area (Å²) in [4.78, 5) is 29.1. The maximum absolute atomic E-state index is 12.9. The minimum Gasteiger partial charge on any atom is -0.361 e. The minimum atomic E-state index is -4.38. The maximum Gasteiger partial charge on any atom is 0.416 e. The van der Waals surface area contributed by atoms with E-state index in [9.17, 15) is 22.8 Å². The number of rotatable bonds is 4. The monoisotopic (exact) mass is 449 g/mol. The van der Waals surface area contributed by atoms with Crippen molar-refractivity contribution in [3.8, 4) is 0 Å². The molecule has 0 N–H and O–H groups in total. The summed E-state index contributed by atoms with van der Waals surface area (Å²) in [7, 11) is 0. The van der Waals surface area contributed by atoms with Crippen LogP contribution in [0.25, 0.3) is 0 Å². The first-order chi connectivity index (χ1) is 15.1. The summed E-state index contributed by atoms with van der Waals surface area (Å²) in [6.45, 7) is 5.01. The summed E-state index contributed by atoms with van der Waals surface area (Å²) in [5, 5.41) is 3.90. The molecule has 0 aliphatic carbocycles. The van der Waals surface area contributed by atoms with Crippen LogP contribution in [0.4, 0.5) is 13.2 Å². The van der Waals surface area contributed by atoms with Gasteiger partial charge in [-0.2, -0.15) is 13.2 Å². The molecule has 2 atom stereocenters. The van der Waals surface area contributed by atoms with Gasteiger partial charge in [0.15, 0.2) is 0 Å². The van der Waals surface area contributed by atoms with Crippen molar-refractivity contribution in [3.63, 3.8) is 0 Å². The molecule has 0 spiro atoms. The molecule has 0 radical (unpaired) electrons. The smallest absolute Gasteiger partial charge is 0.361 e. The van der Waals surface area contributed by atoms with Crippen molar-refractivity contribution >= 4 is 11.8 Å². The average Bonchev–Trinajstić information content (AvgIpc) is 3.07. The van der Waals surface area contributed by atoms with Crippen molar-refractivity contribution in [1.29, 1.82) is 0 Å². The molecule has 1 aromatic heterocycles. The second kappa shape index (κ2) is 8.60. The van der Waals surface area contributed by atoms with Gasteiger partial charge in [0.25, 0.3) is 0 Å². The second-order valence-corrected chi connectivity index (χ2v) is 8.69. The Labute approximate surface area is 184 Å². The van der Waals surface area contributed by atoms with Gasteiger partial charge in [-0.05, 0) is 50.3 Å². The molecule has 1 aromatic carbocycles. The number of hydrogen-bond acceptors (Lipinski definition) is 4. The van der Waals surface area contributed by atoms with Gasteiger partial charge in [-0.15, -0.1) is 0 Å². The summed E-state index contributed by atoms with van der Waals surface area (Å²) < 4.78 is 43.6. The lowest BCUT2D eigenvalue weighted by molar-refractivity contribution is -0.145. The van der Waals surface area contributed by atoms with E-state index in [4.69, 9.17) is 4.52 Å². The standard InChI is InChI=1S/C23H26F3N3O3/c1-14-19(15(2)32-27-14)11-22(31)28-10-9-20-17(13-28)5-8-21(30)29(20)12-16-3-6-18(7-4-16)23(24,25)26/h3-4,6-7,17,20H,5,8-13H2,1-2H3/t17-,20+/m0/s1. The second-order valence-electron chi connectivity index (χ2n) is 8.69. The highest BCUT2D eigenvalue weighted by molar-refractivity contribution is 5.80. The number of nitrogens with zero attached hydrogens (tertiary/aromatic N) is 3. The Morgan fingerprint density at radius 2 is 1.91 bits per heavy atom. The van der Waals surface area contributed by atoms with Crippen LogP contribution in [-0.4, -0.2) is 45.9 Å². The molecule has 32 heavy (non-hydrogen) atoms. The molecule has 2 fully saturated rings. The van der Waals surface area contributed by atoms with Crippen molar-refractivity contribution in [2.45, 2.75) is 58.3 Å². The number of aryl methyl sites for hydroxylation is 2. The Kier molecular flexibility index (Phi) is 6.01. The first-order valence-corrected chi connectivity index (χ1v) is 10.8. The number of carbonyl (C=O) groups is 2. The number of benzene rings is 1. The molecule has 2 aliphatic rings. The van der Waals surface area contributed by atoms with Crippen LogP contribution in [0, 0.1) is 19.8 Å². The van der Waals surface area contributed by atoms with Gasteiger partial charge in [0.05, 0.1) is 17.7 Å². The normalized spacial score (nSPS) is 21.6. The zero-order chi connectivity index (χ0) is 23.0. The van der Waals surface area contributed by atoms with Crippen molar-refractivity contribution in [3.05, 3.63) is 52.4 Å². The van der Waals surface area contributed by atoms with Crippen LogP contribution in [0.3, 0.4) is 0 Å². The molecular weight excluding hydrogens is 423 g/mol. The predicted octanol–water partition coefficient (Wildman–Crippen LogP) is 3.89. The maximum atomic E-state index is 12.9. The van der Waals surface area contributed by atoms with Crippen molar-refractivity contribution in [1.82, 2.24) is 15.0 Å². The number of likely N-dealkylation sites (tertiary alicyclic amines) is 2. The fraction of sp³-hybridized carbons (Fsp3) is 0.522. The molecule has 172 valence electrons. The average molecular weight is 449 g/mol. The summed E-state index contributed by atoms with van der Waals surface area (Å²) >= 11 is 0.